The van der Waals surface area contributed by atoms with Gasteiger partial charge in [0, 0.05) is 12.1 Å². The maximum absolute atomic E-state index is 5.79. The predicted molar refractivity (Wildman–Crippen MR) is 74.7 cm³/mol. The summed E-state index contributed by atoms with van der Waals surface area (Å²) in [5, 5.41) is 3.32. The summed E-state index contributed by atoms with van der Waals surface area (Å²) in [6.07, 6.45) is 1.70. The minimum atomic E-state index is 0.785. The van der Waals surface area contributed by atoms with Gasteiger partial charge >= 0.3 is 0 Å². The van der Waals surface area contributed by atoms with Crippen LogP contribution in [0.3, 0.4) is 0 Å². The highest BCUT2D eigenvalue weighted by molar-refractivity contribution is 5.20. The van der Waals surface area contributed by atoms with Crippen LogP contribution in [-0.2, 0) is 19.6 Å². The maximum Gasteiger partial charge on any atom is 0.118 e. The van der Waals surface area contributed by atoms with Crippen LogP contribution in [0.15, 0.2) is 33.3 Å². The van der Waals surface area contributed by atoms with Crippen molar-refractivity contribution in [2.75, 3.05) is 13.6 Å². The van der Waals surface area contributed by atoms with Crippen molar-refractivity contribution < 1.29 is 8.83 Å². The van der Waals surface area contributed by atoms with Crippen molar-refractivity contribution in [1.82, 2.24) is 10.2 Å². The Morgan fingerprint density at radius 3 is 2.74 bits per heavy atom. The molecule has 0 amide bonds. The number of hydrogen-bond acceptors (Lipinski definition) is 4. The van der Waals surface area contributed by atoms with Gasteiger partial charge in [-0.15, -0.1) is 0 Å². The lowest BCUT2D eigenvalue weighted by atomic mass is 10.2. The van der Waals surface area contributed by atoms with E-state index in [1.807, 2.05) is 19.1 Å². The van der Waals surface area contributed by atoms with E-state index < -0.39 is 0 Å². The van der Waals surface area contributed by atoms with E-state index in [9.17, 15) is 0 Å². The Morgan fingerprint density at radius 2 is 2.05 bits per heavy atom. The van der Waals surface area contributed by atoms with Gasteiger partial charge in [-0.2, -0.15) is 0 Å². The summed E-state index contributed by atoms with van der Waals surface area (Å²) < 4.78 is 11.1. The molecule has 0 aliphatic rings. The molecular formula is C15H22N2O2. The Morgan fingerprint density at radius 1 is 1.26 bits per heavy atom. The van der Waals surface area contributed by atoms with Gasteiger partial charge in [-0.25, -0.2) is 0 Å². The molecule has 19 heavy (non-hydrogen) atoms. The van der Waals surface area contributed by atoms with E-state index in [0.29, 0.717) is 0 Å². The van der Waals surface area contributed by atoms with Crippen LogP contribution in [0.5, 0.6) is 0 Å². The third-order valence-electron chi connectivity index (χ3n) is 3.07. The minimum Gasteiger partial charge on any atom is -0.468 e. The van der Waals surface area contributed by atoms with Gasteiger partial charge in [0.15, 0.2) is 0 Å². The highest BCUT2D eigenvalue weighted by Gasteiger charge is 2.10. The summed E-state index contributed by atoms with van der Waals surface area (Å²) in [4.78, 5) is 2.17. The summed E-state index contributed by atoms with van der Waals surface area (Å²) in [7, 11) is 2.06. The van der Waals surface area contributed by atoms with E-state index in [1.54, 1.807) is 6.26 Å². The molecule has 0 radical (unpaired) electrons. The molecular weight excluding hydrogens is 240 g/mol. The van der Waals surface area contributed by atoms with Crippen LogP contribution in [0.4, 0.5) is 0 Å². The summed E-state index contributed by atoms with van der Waals surface area (Å²) in [5.41, 5.74) is 1.24. The van der Waals surface area contributed by atoms with Gasteiger partial charge in [-0.3, -0.25) is 4.90 Å². The minimum absolute atomic E-state index is 0.785. The quantitative estimate of drug-likeness (QED) is 0.833. The first kappa shape index (κ1) is 13.9. The smallest absolute Gasteiger partial charge is 0.118 e. The van der Waals surface area contributed by atoms with Crippen molar-refractivity contribution in [2.45, 2.75) is 33.5 Å². The van der Waals surface area contributed by atoms with E-state index in [2.05, 4.69) is 30.3 Å². The summed E-state index contributed by atoms with van der Waals surface area (Å²) in [5.74, 6) is 2.97. The molecule has 0 saturated carbocycles. The molecule has 0 atom stereocenters. The van der Waals surface area contributed by atoms with Crippen LogP contribution in [0.1, 0.15) is 29.8 Å². The fraction of sp³-hybridized carbons (Fsp3) is 0.467. The average molecular weight is 262 g/mol. The van der Waals surface area contributed by atoms with Crippen LogP contribution in [0.2, 0.25) is 0 Å². The highest BCUT2D eigenvalue weighted by Crippen LogP contribution is 2.16. The van der Waals surface area contributed by atoms with Gasteiger partial charge in [0.05, 0.1) is 19.4 Å². The number of hydrogen-bond donors (Lipinski definition) is 1. The van der Waals surface area contributed by atoms with Gasteiger partial charge in [-0.05, 0) is 38.7 Å². The topological polar surface area (TPSA) is 41.5 Å². The molecule has 0 aliphatic carbocycles. The molecule has 1 N–H and O–H groups in total. The fourth-order valence-electron chi connectivity index (χ4n) is 2.09. The van der Waals surface area contributed by atoms with Crippen molar-refractivity contribution in [2.24, 2.45) is 0 Å². The molecule has 2 rings (SSSR count). The zero-order valence-corrected chi connectivity index (χ0v) is 11.9. The molecule has 0 saturated heterocycles. The molecule has 0 spiro atoms. The van der Waals surface area contributed by atoms with Gasteiger partial charge in [-0.1, -0.05) is 6.92 Å². The molecule has 0 aromatic carbocycles. The van der Waals surface area contributed by atoms with Crippen LogP contribution in [0.25, 0.3) is 0 Å². The third-order valence-corrected chi connectivity index (χ3v) is 3.07. The van der Waals surface area contributed by atoms with E-state index in [4.69, 9.17) is 8.83 Å². The van der Waals surface area contributed by atoms with Gasteiger partial charge < -0.3 is 14.2 Å². The second-order valence-corrected chi connectivity index (χ2v) is 4.83. The molecule has 0 fully saturated rings. The van der Waals surface area contributed by atoms with E-state index in [1.165, 1.54) is 5.56 Å². The predicted octanol–water partition coefficient (Wildman–Crippen LogP) is 2.92. The molecule has 104 valence electrons. The second-order valence-electron chi connectivity index (χ2n) is 4.83. The lowest BCUT2D eigenvalue weighted by molar-refractivity contribution is 0.262. The molecule has 0 unspecified atom stereocenters. The molecule has 4 nitrogen and oxygen atoms in total. The molecule has 0 bridgehead atoms. The zero-order chi connectivity index (χ0) is 13.7. The fourth-order valence-corrected chi connectivity index (χ4v) is 2.09. The monoisotopic (exact) mass is 262 g/mol. The standard InChI is InChI=1S/C15H22N2O2/c1-4-16-9-13-8-15(19-12(13)2)11-17(3)10-14-6-5-7-18-14/h5-8,16H,4,9-11H2,1-3H3. The zero-order valence-electron chi connectivity index (χ0n) is 11.9. The molecule has 2 aromatic heterocycles. The molecule has 4 heteroatoms. The van der Waals surface area contributed by atoms with Crippen molar-refractivity contribution in [3.63, 3.8) is 0 Å². The first-order valence-corrected chi connectivity index (χ1v) is 6.69. The average Bonchev–Trinajstić information content (AvgIpc) is 2.97. The number of rotatable bonds is 7. The SMILES string of the molecule is CCNCc1cc(CN(C)Cc2ccco2)oc1C. The van der Waals surface area contributed by atoms with Crippen molar-refractivity contribution in [3.05, 3.63) is 47.3 Å². The molecule has 2 heterocycles. The number of nitrogens with one attached hydrogen (secondary N) is 1. The van der Waals surface area contributed by atoms with Crippen molar-refractivity contribution >= 4 is 0 Å². The van der Waals surface area contributed by atoms with E-state index >= 15 is 0 Å². The third kappa shape index (κ3) is 3.98. The van der Waals surface area contributed by atoms with E-state index in [0.717, 1.165) is 43.5 Å². The second kappa shape index (κ2) is 6.59. The largest absolute Gasteiger partial charge is 0.468 e. The Bertz CT molecular complexity index is 488. The summed E-state index contributed by atoms with van der Waals surface area (Å²) >= 11 is 0. The Labute approximate surface area is 114 Å². The van der Waals surface area contributed by atoms with Crippen molar-refractivity contribution in [3.8, 4) is 0 Å². The number of aryl methyl sites for hydroxylation is 1. The summed E-state index contributed by atoms with van der Waals surface area (Å²) in [6.45, 7) is 7.53. The normalized spacial score (nSPS) is 11.4. The molecule has 2 aromatic rings. The van der Waals surface area contributed by atoms with E-state index in [-0.39, 0.29) is 0 Å². The Balaban J connectivity index is 1.91. The first-order valence-electron chi connectivity index (χ1n) is 6.69. The van der Waals surface area contributed by atoms with Gasteiger partial charge in [0.2, 0.25) is 0 Å². The van der Waals surface area contributed by atoms with Gasteiger partial charge in [0.1, 0.15) is 17.3 Å². The number of furan rings is 2. The summed E-state index contributed by atoms with van der Waals surface area (Å²) in [6, 6.07) is 6.03. The Kier molecular flexibility index (Phi) is 4.82. The Hall–Kier alpha value is -1.52. The molecule has 0 aliphatic heterocycles. The number of nitrogens with zero attached hydrogens (tertiary/aromatic N) is 1. The van der Waals surface area contributed by atoms with Crippen LogP contribution in [-0.4, -0.2) is 18.5 Å². The van der Waals surface area contributed by atoms with Crippen LogP contribution < -0.4 is 5.32 Å². The first-order chi connectivity index (χ1) is 9.19. The maximum atomic E-state index is 5.79. The highest BCUT2D eigenvalue weighted by atomic mass is 16.3. The van der Waals surface area contributed by atoms with Crippen molar-refractivity contribution in [1.29, 1.82) is 0 Å². The lowest BCUT2D eigenvalue weighted by Gasteiger charge is -2.12. The van der Waals surface area contributed by atoms with Crippen LogP contribution >= 0.6 is 0 Å². The lowest BCUT2D eigenvalue weighted by Crippen LogP contribution is -2.16. The van der Waals surface area contributed by atoms with Crippen LogP contribution in [0, 0.1) is 6.92 Å². The van der Waals surface area contributed by atoms with Gasteiger partial charge in [0.25, 0.3) is 0 Å².